The number of hydrogen-bond donors (Lipinski definition) is 1. The molecule has 6 heteroatoms. The summed E-state index contributed by atoms with van der Waals surface area (Å²) in [5.41, 5.74) is 3.38. The first-order valence-corrected chi connectivity index (χ1v) is 8.77. The lowest BCUT2D eigenvalue weighted by Gasteiger charge is -2.22. The molecular weight excluding hydrogens is 392 g/mol. The molecule has 0 saturated heterocycles. The maximum absolute atomic E-state index is 12.8. The molecule has 0 bridgehead atoms. The monoisotopic (exact) mass is 406 g/mol. The van der Waals surface area contributed by atoms with Crippen LogP contribution in [0.15, 0.2) is 40.9 Å². The van der Waals surface area contributed by atoms with Crippen LogP contribution in [0, 0.1) is 0 Å². The molecule has 1 aliphatic rings. The number of carbonyl (C=O) groups excluding carboxylic acids is 2. The fraction of sp³-hybridized carbons (Fsp3) is 0.222. The Morgan fingerprint density at radius 3 is 2.62 bits per heavy atom. The highest BCUT2D eigenvalue weighted by Gasteiger charge is 2.26. The van der Waals surface area contributed by atoms with Crippen molar-refractivity contribution in [2.24, 2.45) is 0 Å². The van der Waals surface area contributed by atoms with Crippen LogP contribution in [0.1, 0.15) is 18.1 Å². The average molecular weight is 408 g/mol. The molecule has 0 atom stereocenters. The number of nitrogens with zero attached hydrogens (tertiary/aromatic N) is 1. The minimum absolute atomic E-state index is 0.137. The summed E-state index contributed by atoms with van der Waals surface area (Å²) in [5, 5.41) is 3.89. The number of amides is 2. The van der Waals surface area contributed by atoms with E-state index in [1.807, 2.05) is 6.07 Å². The van der Waals surface area contributed by atoms with Gasteiger partial charge in [0.05, 0.1) is 17.8 Å². The van der Waals surface area contributed by atoms with Gasteiger partial charge in [-0.3, -0.25) is 9.59 Å². The largest absolute Gasteiger partial charge is 0.383 e. The highest BCUT2D eigenvalue weighted by molar-refractivity contribution is 9.10. The van der Waals surface area contributed by atoms with E-state index in [1.54, 1.807) is 30.3 Å². The Morgan fingerprint density at radius 1 is 1.25 bits per heavy atom. The van der Waals surface area contributed by atoms with Gasteiger partial charge in [0.25, 0.3) is 0 Å². The van der Waals surface area contributed by atoms with Gasteiger partial charge in [-0.05, 0) is 41.8 Å². The molecule has 2 aromatic carbocycles. The summed E-state index contributed by atoms with van der Waals surface area (Å²) < 4.78 is 0.852. The van der Waals surface area contributed by atoms with E-state index >= 15 is 0 Å². The van der Waals surface area contributed by atoms with Crippen molar-refractivity contribution in [1.29, 1.82) is 0 Å². The number of nitrogens with one attached hydrogen (secondary N) is 1. The molecular formula is C18H16BrClN2O2. The maximum atomic E-state index is 12.8. The Hall–Kier alpha value is -1.85. The van der Waals surface area contributed by atoms with Crippen LogP contribution in [-0.4, -0.2) is 18.4 Å². The van der Waals surface area contributed by atoms with Crippen LogP contribution in [0.2, 0.25) is 5.02 Å². The third-order valence-corrected chi connectivity index (χ3v) is 4.64. The molecule has 0 aromatic heterocycles. The van der Waals surface area contributed by atoms with Crippen molar-refractivity contribution in [3.05, 3.63) is 57.0 Å². The van der Waals surface area contributed by atoms with Crippen molar-refractivity contribution in [2.75, 3.05) is 16.8 Å². The minimum Gasteiger partial charge on any atom is -0.383 e. The first kappa shape index (κ1) is 17.0. The smallest absolute Gasteiger partial charge is 0.238 e. The highest BCUT2D eigenvalue weighted by Crippen LogP contribution is 2.37. The van der Waals surface area contributed by atoms with Crippen LogP contribution in [-0.2, 0) is 22.4 Å². The summed E-state index contributed by atoms with van der Waals surface area (Å²) in [4.78, 5) is 26.2. The van der Waals surface area contributed by atoms with Crippen LogP contribution in [0.5, 0.6) is 0 Å². The Balaban J connectivity index is 1.94. The summed E-state index contributed by atoms with van der Waals surface area (Å²) in [5.74, 6) is -0.568. The second-order valence-electron chi connectivity index (χ2n) is 5.69. The van der Waals surface area contributed by atoms with Gasteiger partial charge in [-0.1, -0.05) is 39.7 Å². The van der Waals surface area contributed by atoms with Crippen LogP contribution in [0.25, 0.3) is 0 Å². The van der Waals surface area contributed by atoms with Crippen LogP contribution >= 0.6 is 27.5 Å². The van der Waals surface area contributed by atoms with E-state index in [0.29, 0.717) is 10.7 Å². The standard InChI is InChI=1S/C18H16BrClN2O2/c1-11(23)22(17(24)8-12-2-4-15(20)5-3-12)16-10-14(19)9-13-6-7-21-18(13)16/h2-5,9-10,21H,6-8H2,1H3. The molecule has 0 aliphatic carbocycles. The van der Waals surface area contributed by atoms with Gasteiger partial charge >= 0.3 is 0 Å². The molecule has 0 saturated carbocycles. The first-order chi connectivity index (χ1) is 11.5. The zero-order valence-corrected chi connectivity index (χ0v) is 15.4. The SMILES string of the molecule is CC(=O)N(C(=O)Cc1ccc(Cl)cc1)c1cc(Br)cc2c1NCC2. The third-order valence-electron chi connectivity index (χ3n) is 3.93. The Morgan fingerprint density at radius 2 is 1.96 bits per heavy atom. The molecule has 4 nitrogen and oxygen atoms in total. The number of carbonyl (C=O) groups is 2. The van der Waals surface area contributed by atoms with Crippen molar-refractivity contribution in [2.45, 2.75) is 19.8 Å². The van der Waals surface area contributed by atoms with Crippen molar-refractivity contribution in [3.8, 4) is 0 Å². The Labute approximate surface area is 153 Å². The number of rotatable bonds is 3. The van der Waals surface area contributed by atoms with Gasteiger partial charge in [0.1, 0.15) is 0 Å². The molecule has 0 fully saturated rings. The number of fused-ring (bicyclic) bond motifs is 1. The molecule has 3 rings (SSSR count). The van der Waals surface area contributed by atoms with E-state index in [1.165, 1.54) is 11.8 Å². The van der Waals surface area contributed by atoms with Crippen LogP contribution in [0.4, 0.5) is 11.4 Å². The Bertz CT molecular complexity index is 805. The average Bonchev–Trinajstić information content (AvgIpc) is 2.97. The highest BCUT2D eigenvalue weighted by atomic mass is 79.9. The lowest BCUT2D eigenvalue weighted by atomic mass is 10.1. The molecule has 1 N–H and O–H groups in total. The van der Waals surface area contributed by atoms with Gasteiger partial charge in [-0.2, -0.15) is 0 Å². The maximum Gasteiger partial charge on any atom is 0.238 e. The van der Waals surface area contributed by atoms with Gasteiger partial charge in [-0.25, -0.2) is 4.90 Å². The third kappa shape index (κ3) is 3.47. The number of benzene rings is 2. The van der Waals surface area contributed by atoms with Crippen LogP contribution in [0.3, 0.4) is 0 Å². The summed E-state index contributed by atoms with van der Waals surface area (Å²) in [6, 6.07) is 10.9. The normalized spacial score (nSPS) is 12.5. The number of anilines is 2. The zero-order valence-electron chi connectivity index (χ0n) is 13.1. The summed E-state index contributed by atoms with van der Waals surface area (Å²) >= 11 is 9.34. The molecule has 1 heterocycles. The minimum atomic E-state index is -0.303. The van der Waals surface area contributed by atoms with E-state index in [0.717, 1.165) is 34.3 Å². The summed E-state index contributed by atoms with van der Waals surface area (Å²) in [7, 11) is 0. The zero-order chi connectivity index (χ0) is 17.3. The molecule has 2 aromatic rings. The van der Waals surface area contributed by atoms with Gasteiger partial charge in [0, 0.05) is 23.0 Å². The van der Waals surface area contributed by atoms with Gasteiger partial charge < -0.3 is 5.32 Å². The van der Waals surface area contributed by atoms with Gasteiger partial charge in [-0.15, -0.1) is 0 Å². The van der Waals surface area contributed by atoms with Crippen LogP contribution < -0.4 is 10.2 Å². The fourth-order valence-electron chi connectivity index (χ4n) is 2.88. The second kappa shape index (κ2) is 6.95. The molecule has 0 radical (unpaired) electrons. The van der Waals surface area contributed by atoms with E-state index in [-0.39, 0.29) is 18.2 Å². The van der Waals surface area contributed by atoms with E-state index in [9.17, 15) is 9.59 Å². The van der Waals surface area contributed by atoms with E-state index in [4.69, 9.17) is 11.6 Å². The Kier molecular flexibility index (Phi) is 4.92. The second-order valence-corrected chi connectivity index (χ2v) is 7.04. The number of halogens is 2. The lowest BCUT2D eigenvalue weighted by Crippen LogP contribution is -2.36. The predicted molar refractivity (Wildman–Crippen MR) is 99.7 cm³/mol. The molecule has 2 amide bonds. The van der Waals surface area contributed by atoms with E-state index < -0.39 is 0 Å². The van der Waals surface area contributed by atoms with Gasteiger partial charge in [0.2, 0.25) is 11.8 Å². The van der Waals surface area contributed by atoms with Crippen molar-refractivity contribution < 1.29 is 9.59 Å². The van der Waals surface area contributed by atoms with Crippen molar-refractivity contribution in [1.82, 2.24) is 0 Å². The molecule has 124 valence electrons. The number of imide groups is 1. The number of hydrogen-bond acceptors (Lipinski definition) is 3. The van der Waals surface area contributed by atoms with Crippen molar-refractivity contribution >= 4 is 50.7 Å². The van der Waals surface area contributed by atoms with Gasteiger partial charge in [0.15, 0.2) is 0 Å². The molecule has 24 heavy (non-hydrogen) atoms. The topological polar surface area (TPSA) is 49.4 Å². The lowest BCUT2D eigenvalue weighted by molar-refractivity contribution is -0.125. The quantitative estimate of drug-likeness (QED) is 0.830. The molecule has 0 spiro atoms. The first-order valence-electron chi connectivity index (χ1n) is 7.60. The predicted octanol–water partition coefficient (Wildman–Crippen LogP) is 4.19. The molecule has 0 unspecified atom stereocenters. The molecule has 1 aliphatic heterocycles. The van der Waals surface area contributed by atoms with Crippen molar-refractivity contribution in [3.63, 3.8) is 0 Å². The van der Waals surface area contributed by atoms with E-state index in [2.05, 4.69) is 21.2 Å². The summed E-state index contributed by atoms with van der Waals surface area (Å²) in [6.07, 6.45) is 1.01. The summed E-state index contributed by atoms with van der Waals surface area (Å²) in [6.45, 7) is 2.21. The fourth-order valence-corrected chi connectivity index (χ4v) is 3.50.